The Kier molecular flexibility index (Phi) is 3.99. The Morgan fingerprint density at radius 3 is 2.78 bits per heavy atom. The van der Waals surface area contributed by atoms with E-state index in [0.29, 0.717) is 0 Å². The first kappa shape index (κ1) is 13.5. The minimum Gasteiger partial charge on any atom is -0.440 e. The number of nitrogens with zero attached hydrogens (tertiary/aromatic N) is 1. The van der Waals surface area contributed by atoms with E-state index in [0.717, 1.165) is 38.8 Å². The number of carbonyl (C=O) groups is 1. The van der Waals surface area contributed by atoms with E-state index < -0.39 is 18.9 Å². The van der Waals surface area contributed by atoms with Crippen molar-refractivity contribution in [3.63, 3.8) is 0 Å². The van der Waals surface area contributed by atoms with Gasteiger partial charge in [0.05, 0.1) is 0 Å². The zero-order valence-electron chi connectivity index (χ0n) is 10.0. The molecule has 0 aliphatic carbocycles. The lowest BCUT2D eigenvalue weighted by atomic mass is 9.99. The van der Waals surface area contributed by atoms with Crippen LogP contribution in [0.5, 0.6) is 0 Å². The molecule has 104 valence electrons. The van der Waals surface area contributed by atoms with E-state index in [1.807, 2.05) is 0 Å². The highest BCUT2D eigenvalue weighted by Crippen LogP contribution is 2.27. The molecule has 1 amide bonds. The minimum absolute atomic E-state index is 0.0777. The van der Waals surface area contributed by atoms with Crippen LogP contribution in [0.4, 0.5) is 18.0 Å². The van der Waals surface area contributed by atoms with Gasteiger partial charge in [0.2, 0.25) is 0 Å². The van der Waals surface area contributed by atoms with Crippen LogP contribution in [0.2, 0.25) is 0 Å². The first-order valence-electron chi connectivity index (χ1n) is 6.20. The average Bonchev–Trinajstić information content (AvgIpc) is 2.70. The average molecular weight is 266 g/mol. The quantitative estimate of drug-likeness (QED) is 0.830. The number of alkyl carbamates (subject to hydrolysis) is 1. The van der Waals surface area contributed by atoms with Crippen LogP contribution in [-0.4, -0.2) is 48.9 Å². The second kappa shape index (κ2) is 5.34. The van der Waals surface area contributed by atoms with Crippen LogP contribution in [-0.2, 0) is 4.74 Å². The van der Waals surface area contributed by atoms with Gasteiger partial charge in [-0.2, -0.15) is 13.2 Å². The van der Waals surface area contributed by atoms with Crippen LogP contribution in [0.3, 0.4) is 0 Å². The third-order valence-electron chi connectivity index (χ3n) is 3.53. The number of hydrogen-bond donors (Lipinski definition) is 1. The fourth-order valence-corrected chi connectivity index (χ4v) is 2.76. The molecule has 18 heavy (non-hydrogen) atoms. The molecule has 1 N–H and O–H groups in total. The monoisotopic (exact) mass is 266 g/mol. The summed E-state index contributed by atoms with van der Waals surface area (Å²) in [6.07, 6.45) is -1.40. The fourth-order valence-electron chi connectivity index (χ4n) is 2.76. The number of alkyl halides is 3. The number of carbonyl (C=O) groups excluding carboxylic acids is 1. The molecule has 0 spiro atoms. The second-order valence-corrected chi connectivity index (χ2v) is 4.83. The maximum absolute atomic E-state index is 11.9. The van der Waals surface area contributed by atoms with E-state index in [1.54, 1.807) is 0 Å². The first-order chi connectivity index (χ1) is 8.46. The molecule has 2 atom stereocenters. The highest BCUT2D eigenvalue weighted by Gasteiger charge is 2.37. The summed E-state index contributed by atoms with van der Waals surface area (Å²) >= 11 is 0. The molecule has 2 unspecified atom stereocenters. The zero-order valence-corrected chi connectivity index (χ0v) is 10.0. The summed E-state index contributed by atoms with van der Waals surface area (Å²) in [4.78, 5) is 13.6. The van der Waals surface area contributed by atoms with Gasteiger partial charge in [0.15, 0.2) is 6.61 Å². The summed E-state index contributed by atoms with van der Waals surface area (Å²) in [5.74, 6) is 0. The van der Waals surface area contributed by atoms with Crippen LogP contribution >= 0.6 is 0 Å². The summed E-state index contributed by atoms with van der Waals surface area (Å²) in [5, 5.41) is 2.55. The maximum atomic E-state index is 11.9. The lowest BCUT2D eigenvalue weighted by Gasteiger charge is -2.32. The van der Waals surface area contributed by atoms with E-state index in [9.17, 15) is 18.0 Å². The highest BCUT2D eigenvalue weighted by atomic mass is 19.4. The predicted molar refractivity (Wildman–Crippen MR) is 58.2 cm³/mol. The molecule has 0 bridgehead atoms. The zero-order chi connectivity index (χ0) is 13.2. The molecule has 0 aromatic rings. The largest absolute Gasteiger partial charge is 0.440 e. The van der Waals surface area contributed by atoms with Gasteiger partial charge in [-0.05, 0) is 25.8 Å². The van der Waals surface area contributed by atoms with Crippen LogP contribution in [0.25, 0.3) is 0 Å². The number of piperidine rings is 1. The Balaban J connectivity index is 1.77. The van der Waals surface area contributed by atoms with Gasteiger partial charge in [-0.25, -0.2) is 4.79 Å². The third-order valence-corrected chi connectivity index (χ3v) is 3.53. The lowest BCUT2D eigenvalue weighted by Crippen LogP contribution is -2.47. The van der Waals surface area contributed by atoms with Crippen molar-refractivity contribution in [1.82, 2.24) is 10.2 Å². The number of halogens is 3. The van der Waals surface area contributed by atoms with Crippen molar-refractivity contribution in [2.24, 2.45) is 0 Å². The van der Waals surface area contributed by atoms with E-state index in [1.165, 1.54) is 0 Å². The van der Waals surface area contributed by atoms with Crippen molar-refractivity contribution in [2.75, 3.05) is 19.7 Å². The van der Waals surface area contributed by atoms with Gasteiger partial charge in [0.1, 0.15) is 0 Å². The van der Waals surface area contributed by atoms with Crippen LogP contribution in [0, 0.1) is 0 Å². The smallest absolute Gasteiger partial charge is 0.422 e. The van der Waals surface area contributed by atoms with Crippen LogP contribution in [0.1, 0.15) is 25.7 Å². The number of rotatable bonds is 2. The molecule has 0 saturated carbocycles. The Bertz CT molecular complexity index is 309. The first-order valence-corrected chi connectivity index (χ1v) is 6.20. The molecule has 0 radical (unpaired) electrons. The molecule has 2 aliphatic heterocycles. The normalized spacial score (nSPS) is 28.8. The van der Waals surface area contributed by atoms with Crippen molar-refractivity contribution in [1.29, 1.82) is 0 Å². The van der Waals surface area contributed by atoms with Crippen LogP contribution < -0.4 is 5.32 Å². The van der Waals surface area contributed by atoms with Gasteiger partial charge in [-0.1, -0.05) is 6.42 Å². The third kappa shape index (κ3) is 3.51. The van der Waals surface area contributed by atoms with Gasteiger partial charge < -0.3 is 10.1 Å². The summed E-state index contributed by atoms with van der Waals surface area (Å²) in [7, 11) is 0. The summed E-state index contributed by atoms with van der Waals surface area (Å²) in [6.45, 7) is 0.384. The molecule has 4 nitrogen and oxygen atoms in total. The van der Waals surface area contributed by atoms with Crippen molar-refractivity contribution in [3.05, 3.63) is 0 Å². The number of hydrogen-bond acceptors (Lipinski definition) is 3. The molecule has 0 aromatic heterocycles. The van der Waals surface area contributed by atoms with Crippen molar-refractivity contribution < 1.29 is 22.7 Å². The summed E-state index contributed by atoms with van der Waals surface area (Å²) < 4.78 is 39.8. The molecule has 2 fully saturated rings. The fraction of sp³-hybridized carbons (Fsp3) is 0.909. The van der Waals surface area contributed by atoms with Gasteiger partial charge in [-0.15, -0.1) is 0 Å². The second-order valence-electron chi connectivity index (χ2n) is 4.83. The lowest BCUT2D eigenvalue weighted by molar-refractivity contribution is -0.160. The number of amides is 1. The molecule has 2 saturated heterocycles. The van der Waals surface area contributed by atoms with Crippen molar-refractivity contribution in [2.45, 2.75) is 43.9 Å². The molecular weight excluding hydrogens is 249 g/mol. The molecule has 2 rings (SSSR count). The van der Waals surface area contributed by atoms with Crippen LogP contribution in [0.15, 0.2) is 0 Å². The highest BCUT2D eigenvalue weighted by molar-refractivity contribution is 5.67. The molecule has 7 heteroatoms. The maximum Gasteiger partial charge on any atom is 0.422 e. The topological polar surface area (TPSA) is 41.6 Å². The van der Waals surface area contributed by atoms with E-state index in [2.05, 4.69) is 15.0 Å². The molecular formula is C11H17F3N2O2. The Hall–Kier alpha value is -0.980. The molecule has 0 aromatic carbocycles. The number of ether oxygens (including phenoxy) is 1. The Labute approximate surface area is 103 Å². The minimum atomic E-state index is -4.47. The van der Waals surface area contributed by atoms with Crippen molar-refractivity contribution >= 4 is 6.09 Å². The summed E-state index contributed by atoms with van der Waals surface area (Å²) in [6, 6.07) is 0.184. The summed E-state index contributed by atoms with van der Waals surface area (Å²) in [5.41, 5.74) is 0. The van der Waals surface area contributed by atoms with Gasteiger partial charge >= 0.3 is 12.3 Å². The number of fused-ring (bicyclic) bond motifs is 1. The SMILES string of the molecule is O=C(NC1CCN2CCCCC12)OCC(F)(F)F. The van der Waals surface area contributed by atoms with E-state index >= 15 is 0 Å². The van der Waals surface area contributed by atoms with Gasteiger partial charge in [0.25, 0.3) is 0 Å². The Morgan fingerprint density at radius 1 is 1.28 bits per heavy atom. The molecule has 2 heterocycles. The van der Waals surface area contributed by atoms with Gasteiger partial charge in [0, 0.05) is 18.6 Å². The standard InChI is InChI=1S/C11H17F3N2O2/c12-11(13,14)7-18-10(17)15-8-4-6-16-5-2-1-3-9(8)16/h8-9H,1-7H2,(H,15,17). The van der Waals surface area contributed by atoms with Gasteiger partial charge in [-0.3, -0.25) is 4.90 Å². The Morgan fingerprint density at radius 2 is 2.06 bits per heavy atom. The van der Waals surface area contributed by atoms with E-state index in [-0.39, 0.29) is 12.1 Å². The van der Waals surface area contributed by atoms with Crippen molar-refractivity contribution in [3.8, 4) is 0 Å². The van der Waals surface area contributed by atoms with E-state index in [4.69, 9.17) is 0 Å². The molecule has 2 aliphatic rings. The predicted octanol–water partition coefficient (Wildman–Crippen LogP) is 1.90. The number of nitrogens with one attached hydrogen (secondary N) is 1.